The summed E-state index contributed by atoms with van der Waals surface area (Å²) in [4.78, 5) is 12.4. The van der Waals surface area contributed by atoms with Gasteiger partial charge in [-0.1, -0.05) is 48.2 Å². The van der Waals surface area contributed by atoms with Crippen LogP contribution in [-0.4, -0.2) is 46.5 Å². The van der Waals surface area contributed by atoms with Gasteiger partial charge in [-0.05, 0) is 29.3 Å². The van der Waals surface area contributed by atoms with Crippen LogP contribution in [0.1, 0.15) is 12.5 Å². The number of hydrogen-bond acceptors (Lipinski definition) is 9. The fourth-order valence-corrected chi connectivity index (χ4v) is 3.93. The predicted molar refractivity (Wildman–Crippen MR) is 139 cm³/mol. The number of rotatable bonds is 9. The van der Waals surface area contributed by atoms with E-state index in [1.165, 1.54) is 4.68 Å². The van der Waals surface area contributed by atoms with Gasteiger partial charge in [-0.25, -0.2) is 10.1 Å². The molecular formula is C24H25N7O3S. The molecule has 1 amide bonds. The second kappa shape index (κ2) is 10.8. The zero-order valence-corrected chi connectivity index (χ0v) is 20.3. The first-order chi connectivity index (χ1) is 17.0. The van der Waals surface area contributed by atoms with E-state index in [-0.39, 0.29) is 17.6 Å². The van der Waals surface area contributed by atoms with Crippen molar-refractivity contribution in [2.24, 2.45) is 5.10 Å². The number of amides is 1. The third-order valence-electron chi connectivity index (χ3n) is 5.12. The first-order valence-electron chi connectivity index (χ1n) is 10.6. The molecular weight excluding hydrogens is 466 g/mol. The highest BCUT2D eigenvalue weighted by molar-refractivity contribution is 7.99. The van der Waals surface area contributed by atoms with Crippen LogP contribution in [0.25, 0.3) is 10.8 Å². The van der Waals surface area contributed by atoms with Crippen LogP contribution in [0.15, 0.2) is 70.9 Å². The number of benzene rings is 3. The Hall–Kier alpha value is -4.25. The Morgan fingerprint density at radius 1 is 1.03 bits per heavy atom. The lowest BCUT2D eigenvalue weighted by atomic mass is 10.0. The van der Waals surface area contributed by atoms with Gasteiger partial charge in [0.15, 0.2) is 0 Å². The highest BCUT2D eigenvalue weighted by Crippen LogP contribution is 2.26. The summed E-state index contributed by atoms with van der Waals surface area (Å²) in [7, 11) is 3.09. The normalized spacial score (nSPS) is 11.3. The smallest absolute Gasteiger partial charge is 0.264 e. The number of ether oxygens (including phenoxy) is 2. The molecule has 180 valence electrons. The highest BCUT2D eigenvalue weighted by Gasteiger charge is 2.13. The third-order valence-corrected chi connectivity index (χ3v) is 6.07. The van der Waals surface area contributed by atoms with Crippen LogP contribution < -0.4 is 26.1 Å². The van der Waals surface area contributed by atoms with Crippen molar-refractivity contribution in [2.75, 3.05) is 36.6 Å². The second-order valence-corrected chi connectivity index (χ2v) is 8.43. The van der Waals surface area contributed by atoms with E-state index in [2.05, 4.69) is 50.3 Å². The number of fused-ring (bicyclic) bond motifs is 1. The molecule has 10 nitrogen and oxygen atoms in total. The van der Waals surface area contributed by atoms with Crippen molar-refractivity contribution in [3.8, 4) is 11.5 Å². The number of nitrogen functional groups attached to an aromatic ring is 1. The monoisotopic (exact) mass is 491 g/mol. The highest BCUT2D eigenvalue weighted by atomic mass is 32.2. The predicted octanol–water partition coefficient (Wildman–Crippen LogP) is 3.73. The third kappa shape index (κ3) is 5.82. The molecule has 0 atom stereocenters. The van der Waals surface area contributed by atoms with E-state index in [9.17, 15) is 4.79 Å². The molecule has 0 spiro atoms. The lowest BCUT2D eigenvalue weighted by molar-refractivity contribution is -0.113. The Morgan fingerprint density at radius 3 is 2.46 bits per heavy atom. The van der Waals surface area contributed by atoms with Gasteiger partial charge in [-0.15, -0.1) is 10.2 Å². The first kappa shape index (κ1) is 23.9. The van der Waals surface area contributed by atoms with Crippen molar-refractivity contribution < 1.29 is 14.3 Å². The molecule has 0 unspecified atom stereocenters. The van der Waals surface area contributed by atoms with Gasteiger partial charge in [0.2, 0.25) is 11.1 Å². The Kier molecular flexibility index (Phi) is 7.36. The van der Waals surface area contributed by atoms with Gasteiger partial charge in [-0.2, -0.15) is 5.10 Å². The van der Waals surface area contributed by atoms with Gasteiger partial charge >= 0.3 is 0 Å². The molecule has 1 aromatic heterocycles. The number of aromatic nitrogens is 3. The number of nitrogens with zero attached hydrogens (tertiary/aromatic N) is 4. The fourth-order valence-electron chi connectivity index (χ4n) is 3.27. The van der Waals surface area contributed by atoms with E-state index in [0.717, 1.165) is 33.8 Å². The van der Waals surface area contributed by atoms with Crippen LogP contribution in [0.5, 0.6) is 11.5 Å². The van der Waals surface area contributed by atoms with Gasteiger partial charge in [0.25, 0.3) is 5.95 Å². The number of nitrogens with two attached hydrogens (primary N) is 1. The van der Waals surface area contributed by atoms with E-state index < -0.39 is 0 Å². The summed E-state index contributed by atoms with van der Waals surface area (Å²) in [5.74, 6) is 7.33. The van der Waals surface area contributed by atoms with Gasteiger partial charge in [0.05, 0.1) is 25.7 Å². The van der Waals surface area contributed by atoms with Crippen molar-refractivity contribution in [2.45, 2.75) is 12.1 Å². The zero-order chi connectivity index (χ0) is 24.8. The maximum atomic E-state index is 12.4. The van der Waals surface area contributed by atoms with Crippen LogP contribution in [0.2, 0.25) is 0 Å². The fraction of sp³-hybridized carbons (Fsp3) is 0.167. The van der Waals surface area contributed by atoms with E-state index in [4.69, 9.17) is 15.3 Å². The molecule has 1 heterocycles. The maximum Gasteiger partial charge on any atom is 0.264 e. The Labute approximate surface area is 206 Å². The van der Waals surface area contributed by atoms with Gasteiger partial charge in [0, 0.05) is 23.9 Å². The molecule has 0 bridgehead atoms. The number of nitrogens with one attached hydrogen (secondary N) is 2. The molecule has 4 N–H and O–H groups in total. The van der Waals surface area contributed by atoms with E-state index in [1.54, 1.807) is 32.4 Å². The summed E-state index contributed by atoms with van der Waals surface area (Å²) in [6.45, 7) is 1.89. The quantitative estimate of drug-likeness (QED) is 0.140. The summed E-state index contributed by atoms with van der Waals surface area (Å²) in [5, 5.41) is 17.9. The Morgan fingerprint density at radius 2 is 1.74 bits per heavy atom. The number of carbonyl (C=O) groups excluding carboxylic acids is 1. The molecule has 0 radical (unpaired) electrons. The SMILES string of the molecule is COc1cc(NC(=O)CSc2nnc(N/N=C(\C)c3ccc4ccccc4c3)n2N)cc(OC)c1. The van der Waals surface area contributed by atoms with Crippen LogP contribution in [0, 0.1) is 0 Å². The number of thioether (sulfide) groups is 1. The van der Waals surface area contributed by atoms with Crippen LogP contribution in [0.3, 0.4) is 0 Å². The summed E-state index contributed by atoms with van der Waals surface area (Å²) in [5.41, 5.74) is 5.14. The van der Waals surface area contributed by atoms with Crippen molar-refractivity contribution in [3.63, 3.8) is 0 Å². The molecule has 0 aliphatic rings. The molecule has 3 aromatic carbocycles. The molecule has 0 aliphatic heterocycles. The molecule has 4 aromatic rings. The topological polar surface area (TPSA) is 129 Å². The molecule has 0 saturated heterocycles. The lowest BCUT2D eigenvalue weighted by Gasteiger charge is -2.09. The number of hydrazone groups is 1. The Bertz CT molecular complexity index is 1360. The minimum Gasteiger partial charge on any atom is -0.497 e. The van der Waals surface area contributed by atoms with Crippen molar-refractivity contribution in [3.05, 3.63) is 66.2 Å². The largest absolute Gasteiger partial charge is 0.497 e. The summed E-state index contributed by atoms with van der Waals surface area (Å²) in [6, 6.07) is 19.4. The van der Waals surface area contributed by atoms with E-state index in [1.807, 2.05) is 25.1 Å². The minimum atomic E-state index is -0.243. The number of methoxy groups -OCH3 is 2. The minimum absolute atomic E-state index is 0.0776. The molecule has 11 heteroatoms. The van der Waals surface area contributed by atoms with Crippen molar-refractivity contribution >= 4 is 45.8 Å². The number of anilines is 2. The summed E-state index contributed by atoms with van der Waals surface area (Å²) in [6.07, 6.45) is 0. The molecule has 4 rings (SSSR count). The number of hydrogen-bond donors (Lipinski definition) is 3. The van der Waals surface area contributed by atoms with Gasteiger partial charge in [-0.3, -0.25) is 4.79 Å². The molecule has 0 fully saturated rings. The summed E-state index contributed by atoms with van der Waals surface area (Å²) >= 11 is 1.15. The van der Waals surface area contributed by atoms with Crippen molar-refractivity contribution in [1.82, 2.24) is 14.9 Å². The standard InChI is InChI=1S/C24H25N7O3S/c1-15(17-9-8-16-6-4-5-7-18(16)10-17)27-28-23-29-30-24(31(23)25)35-14-22(32)26-19-11-20(33-2)13-21(12-19)34-3/h4-13H,14,25H2,1-3H3,(H,26,32)(H,28,29)/b27-15+. The van der Waals surface area contributed by atoms with E-state index in [0.29, 0.717) is 22.3 Å². The Balaban J connectivity index is 1.36. The average Bonchev–Trinajstić information content (AvgIpc) is 3.24. The van der Waals surface area contributed by atoms with Gasteiger partial charge < -0.3 is 20.6 Å². The second-order valence-electron chi connectivity index (χ2n) is 7.49. The van der Waals surface area contributed by atoms with Crippen LogP contribution >= 0.6 is 11.8 Å². The molecule has 0 aliphatic carbocycles. The summed E-state index contributed by atoms with van der Waals surface area (Å²) < 4.78 is 11.7. The van der Waals surface area contributed by atoms with E-state index >= 15 is 0 Å². The number of carbonyl (C=O) groups is 1. The zero-order valence-electron chi connectivity index (χ0n) is 19.5. The van der Waals surface area contributed by atoms with Crippen LogP contribution in [0.4, 0.5) is 11.6 Å². The van der Waals surface area contributed by atoms with Crippen LogP contribution in [-0.2, 0) is 4.79 Å². The molecule has 35 heavy (non-hydrogen) atoms. The van der Waals surface area contributed by atoms with Gasteiger partial charge in [0.1, 0.15) is 11.5 Å². The van der Waals surface area contributed by atoms with Crippen molar-refractivity contribution in [1.29, 1.82) is 0 Å². The maximum absolute atomic E-state index is 12.4. The molecule has 0 saturated carbocycles. The lowest BCUT2D eigenvalue weighted by Crippen LogP contribution is -2.17. The average molecular weight is 492 g/mol. The first-order valence-corrected chi connectivity index (χ1v) is 11.6.